The zero-order valence-corrected chi connectivity index (χ0v) is 12.7. The zero-order chi connectivity index (χ0) is 14.2. The van der Waals surface area contributed by atoms with Gasteiger partial charge in [-0.2, -0.15) is 0 Å². The summed E-state index contributed by atoms with van der Waals surface area (Å²) in [6.45, 7) is 5.79. The summed E-state index contributed by atoms with van der Waals surface area (Å²) in [7, 11) is 1.74. The minimum atomic E-state index is 0.245. The molecule has 1 aromatic rings. The minimum absolute atomic E-state index is 0.245. The fourth-order valence-corrected chi connectivity index (χ4v) is 2.99. The van der Waals surface area contributed by atoms with Crippen LogP contribution in [0, 0.1) is 5.92 Å². The van der Waals surface area contributed by atoms with Crippen molar-refractivity contribution in [3.8, 4) is 0 Å². The van der Waals surface area contributed by atoms with Gasteiger partial charge >= 0.3 is 0 Å². The number of aryl methyl sites for hydroxylation is 1. The van der Waals surface area contributed by atoms with Gasteiger partial charge in [0.1, 0.15) is 0 Å². The standard InChI is InChI=1S/C17H27NO2/c1-3-14-7-4-5-9-16(14)17-15(8-6-11-20-17)13-18-10-12-19-2/h4-5,7,9,15,17-18H,3,6,8,10-13H2,1-2H3. The van der Waals surface area contributed by atoms with Gasteiger partial charge in [0.25, 0.3) is 0 Å². The second kappa shape index (κ2) is 8.40. The molecule has 2 rings (SSSR count). The van der Waals surface area contributed by atoms with E-state index in [0.717, 1.165) is 32.7 Å². The van der Waals surface area contributed by atoms with Gasteiger partial charge in [0, 0.05) is 32.7 Å². The fourth-order valence-electron chi connectivity index (χ4n) is 2.99. The van der Waals surface area contributed by atoms with Gasteiger partial charge in [-0.15, -0.1) is 0 Å². The average Bonchev–Trinajstić information content (AvgIpc) is 2.52. The van der Waals surface area contributed by atoms with Gasteiger partial charge < -0.3 is 14.8 Å². The molecule has 1 saturated heterocycles. The van der Waals surface area contributed by atoms with Crippen LogP contribution in [-0.4, -0.2) is 33.4 Å². The molecule has 3 nitrogen and oxygen atoms in total. The van der Waals surface area contributed by atoms with E-state index in [1.807, 2.05) is 0 Å². The first-order chi connectivity index (χ1) is 9.86. The van der Waals surface area contributed by atoms with Crippen LogP contribution in [0.5, 0.6) is 0 Å². The fraction of sp³-hybridized carbons (Fsp3) is 0.647. The van der Waals surface area contributed by atoms with E-state index in [4.69, 9.17) is 9.47 Å². The van der Waals surface area contributed by atoms with Crippen molar-refractivity contribution in [2.24, 2.45) is 5.92 Å². The van der Waals surface area contributed by atoms with Gasteiger partial charge in [0.05, 0.1) is 12.7 Å². The maximum absolute atomic E-state index is 6.10. The molecule has 1 N–H and O–H groups in total. The van der Waals surface area contributed by atoms with Crippen molar-refractivity contribution in [1.82, 2.24) is 5.32 Å². The Bertz CT molecular complexity index is 394. The molecule has 0 aromatic heterocycles. The highest BCUT2D eigenvalue weighted by Gasteiger charge is 2.28. The van der Waals surface area contributed by atoms with E-state index in [1.165, 1.54) is 24.0 Å². The first-order valence-corrected chi connectivity index (χ1v) is 7.75. The van der Waals surface area contributed by atoms with Crippen LogP contribution in [0.15, 0.2) is 24.3 Å². The Balaban J connectivity index is 2.02. The molecule has 3 heteroatoms. The number of hydrogen-bond donors (Lipinski definition) is 1. The molecule has 2 atom stereocenters. The van der Waals surface area contributed by atoms with Crippen LogP contribution in [0.25, 0.3) is 0 Å². The van der Waals surface area contributed by atoms with E-state index in [2.05, 4.69) is 36.5 Å². The molecule has 0 aliphatic carbocycles. The third kappa shape index (κ3) is 4.05. The van der Waals surface area contributed by atoms with E-state index in [1.54, 1.807) is 7.11 Å². The molecule has 0 amide bonds. The molecule has 1 aliphatic heterocycles. The number of hydrogen-bond acceptors (Lipinski definition) is 3. The SMILES string of the molecule is CCc1ccccc1C1OCCCC1CNCCOC. The number of rotatable bonds is 7. The maximum atomic E-state index is 6.10. The van der Waals surface area contributed by atoms with Gasteiger partial charge in [-0.25, -0.2) is 0 Å². The van der Waals surface area contributed by atoms with Gasteiger partial charge in [0.15, 0.2) is 0 Å². The summed E-state index contributed by atoms with van der Waals surface area (Å²) in [5.74, 6) is 0.563. The summed E-state index contributed by atoms with van der Waals surface area (Å²) >= 11 is 0. The van der Waals surface area contributed by atoms with Crippen LogP contribution in [0.4, 0.5) is 0 Å². The molecular formula is C17H27NO2. The predicted molar refractivity (Wildman–Crippen MR) is 82.0 cm³/mol. The van der Waals surface area contributed by atoms with Crippen molar-refractivity contribution in [1.29, 1.82) is 0 Å². The minimum Gasteiger partial charge on any atom is -0.383 e. The highest BCUT2D eigenvalue weighted by molar-refractivity contribution is 5.30. The molecule has 1 aliphatic rings. The smallest absolute Gasteiger partial charge is 0.0867 e. The van der Waals surface area contributed by atoms with E-state index in [9.17, 15) is 0 Å². The Hall–Kier alpha value is -0.900. The molecule has 0 spiro atoms. The molecule has 1 aromatic carbocycles. The van der Waals surface area contributed by atoms with Crippen molar-refractivity contribution >= 4 is 0 Å². The topological polar surface area (TPSA) is 30.5 Å². The van der Waals surface area contributed by atoms with E-state index < -0.39 is 0 Å². The monoisotopic (exact) mass is 277 g/mol. The van der Waals surface area contributed by atoms with Gasteiger partial charge in [-0.1, -0.05) is 31.2 Å². The van der Waals surface area contributed by atoms with Crippen LogP contribution in [0.1, 0.15) is 37.0 Å². The van der Waals surface area contributed by atoms with Crippen molar-refractivity contribution in [2.45, 2.75) is 32.3 Å². The lowest BCUT2D eigenvalue weighted by molar-refractivity contribution is -0.0284. The average molecular weight is 277 g/mol. The molecule has 1 heterocycles. The molecule has 112 valence electrons. The van der Waals surface area contributed by atoms with Gasteiger partial charge in [0.2, 0.25) is 0 Å². The predicted octanol–water partition coefficient (Wildman–Crippen LogP) is 2.95. The summed E-state index contributed by atoms with van der Waals surface area (Å²) in [5.41, 5.74) is 2.80. The maximum Gasteiger partial charge on any atom is 0.0867 e. The molecular weight excluding hydrogens is 250 g/mol. The third-order valence-electron chi connectivity index (χ3n) is 4.08. The molecule has 2 unspecified atom stereocenters. The van der Waals surface area contributed by atoms with Crippen LogP contribution in [0.3, 0.4) is 0 Å². The lowest BCUT2D eigenvalue weighted by Crippen LogP contribution is -2.33. The second-order valence-electron chi connectivity index (χ2n) is 5.44. The van der Waals surface area contributed by atoms with E-state index >= 15 is 0 Å². The molecule has 0 saturated carbocycles. The number of methoxy groups -OCH3 is 1. The Kier molecular flexibility index (Phi) is 6.51. The highest BCUT2D eigenvalue weighted by Crippen LogP contribution is 2.35. The molecule has 20 heavy (non-hydrogen) atoms. The Morgan fingerprint density at radius 3 is 3.00 bits per heavy atom. The number of benzene rings is 1. The van der Waals surface area contributed by atoms with Gasteiger partial charge in [-0.3, -0.25) is 0 Å². The molecule has 1 fully saturated rings. The largest absolute Gasteiger partial charge is 0.383 e. The quantitative estimate of drug-likeness (QED) is 0.777. The van der Waals surface area contributed by atoms with Crippen molar-refractivity contribution in [3.63, 3.8) is 0 Å². The summed E-state index contributed by atoms with van der Waals surface area (Å²) in [5, 5.41) is 3.49. The second-order valence-corrected chi connectivity index (χ2v) is 5.44. The lowest BCUT2D eigenvalue weighted by atomic mass is 9.86. The Morgan fingerprint density at radius 2 is 2.20 bits per heavy atom. The van der Waals surface area contributed by atoms with E-state index in [-0.39, 0.29) is 6.10 Å². The highest BCUT2D eigenvalue weighted by atomic mass is 16.5. The summed E-state index contributed by atoms with van der Waals surface area (Å²) in [6.07, 6.45) is 3.72. The summed E-state index contributed by atoms with van der Waals surface area (Å²) < 4.78 is 11.2. The summed E-state index contributed by atoms with van der Waals surface area (Å²) in [6, 6.07) is 8.71. The van der Waals surface area contributed by atoms with Crippen LogP contribution in [-0.2, 0) is 15.9 Å². The number of ether oxygens (including phenoxy) is 2. The van der Waals surface area contributed by atoms with Gasteiger partial charge in [-0.05, 0) is 30.4 Å². The Labute approximate surface area is 122 Å². The number of nitrogens with one attached hydrogen (secondary N) is 1. The third-order valence-corrected chi connectivity index (χ3v) is 4.08. The van der Waals surface area contributed by atoms with Crippen molar-refractivity contribution in [3.05, 3.63) is 35.4 Å². The molecule has 0 radical (unpaired) electrons. The summed E-state index contributed by atoms with van der Waals surface area (Å²) in [4.78, 5) is 0. The zero-order valence-electron chi connectivity index (χ0n) is 12.7. The first kappa shape index (κ1) is 15.5. The van der Waals surface area contributed by atoms with Crippen molar-refractivity contribution < 1.29 is 9.47 Å². The Morgan fingerprint density at radius 1 is 1.35 bits per heavy atom. The van der Waals surface area contributed by atoms with E-state index in [0.29, 0.717) is 5.92 Å². The van der Waals surface area contributed by atoms with Crippen LogP contribution < -0.4 is 5.32 Å². The van der Waals surface area contributed by atoms with Crippen LogP contribution in [0.2, 0.25) is 0 Å². The first-order valence-electron chi connectivity index (χ1n) is 7.75. The molecule has 0 bridgehead atoms. The van der Waals surface area contributed by atoms with Crippen LogP contribution >= 0.6 is 0 Å². The van der Waals surface area contributed by atoms with Crippen molar-refractivity contribution in [2.75, 3.05) is 33.4 Å². The lowest BCUT2D eigenvalue weighted by Gasteiger charge is -2.33. The normalized spacial score (nSPS) is 22.9.